The number of rotatable bonds is 0. The predicted octanol–water partition coefficient (Wildman–Crippen LogP) is 5.17. The van der Waals surface area contributed by atoms with E-state index in [9.17, 15) is 14.4 Å². The number of nitrogens with zero attached hydrogens (tertiary/aromatic N) is 4. The molecule has 8 nitrogen and oxygen atoms in total. The van der Waals surface area contributed by atoms with Crippen LogP contribution in [0.5, 0.6) is 0 Å². The molecule has 0 saturated heterocycles. The van der Waals surface area contributed by atoms with Gasteiger partial charge in [-0.15, -0.1) is 0 Å². The zero-order valence-corrected chi connectivity index (χ0v) is 22.8. The zero-order valence-electron chi connectivity index (χ0n) is 22.0. The SMILES string of the molecule is C.Cc1ccc2c(c1)n(C)c(=O)n2C.Cc1ccc2c(c1)oc(=O)n2C.Cc1ccc2c(c1)sc(=O)n2C. The van der Waals surface area contributed by atoms with Crippen LogP contribution in [0, 0.1) is 20.8 Å². The van der Waals surface area contributed by atoms with Crippen molar-refractivity contribution in [3.8, 4) is 0 Å². The average Bonchev–Trinajstić information content (AvgIpc) is 3.38. The van der Waals surface area contributed by atoms with Crippen molar-refractivity contribution in [3.05, 3.63) is 102 Å². The lowest BCUT2D eigenvalue weighted by Crippen LogP contribution is -2.19. The van der Waals surface area contributed by atoms with Gasteiger partial charge in [0.25, 0.3) is 0 Å². The topological polar surface area (TPSA) is 84.1 Å². The van der Waals surface area contributed by atoms with E-state index in [1.54, 1.807) is 41.9 Å². The molecule has 3 aromatic heterocycles. The third-order valence-electron chi connectivity index (χ3n) is 6.32. The fourth-order valence-electron chi connectivity index (χ4n) is 4.10. The Bertz CT molecular complexity index is 1840. The number of aromatic nitrogens is 4. The molecule has 0 bridgehead atoms. The lowest BCUT2D eigenvalue weighted by atomic mass is 10.2. The van der Waals surface area contributed by atoms with E-state index in [1.165, 1.54) is 27.0 Å². The lowest BCUT2D eigenvalue weighted by molar-refractivity contribution is 0.528. The number of fused-ring (bicyclic) bond motifs is 3. The van der Waals surface area contributed by atoms with Crippen molar-refractivity contribution in [2.24, 2.45) is 28.2 Å². The second kappa shape index (κ2) is 11.1. The summed E-state index contributed by atoms with van der Waals surface area (Å²) in [5, 5.41) is 0. The number of hydrogen-bond acceptors (Lipinski definition) is 5. The summed E-state index contributed by atoms with van der Waals surface area (Å²) in [6, 6.07) is 17.8. The lowest BCUT2D eigenvalue weighted by Gasteiger charge is -1.95. The molecule has 38 heavy (non-hydrogen) atoms. The molecule has 0 N–H and O–H groups in total. The summed E-state index contributed by atoms with van der Waals surface area (Å²) < 4.78 is 12.6. The van der Waals surface area contributed by atoms with Crippen LogP contribution >= 0.6 is 11.3 Å². The van der Waals surface area contributed by atoms with Crippen molar-refractivity contribution in [2.45, 2.75) is 28.2 Å². The molecule has 0 spiro atoms. The van der Waals surface area contributed by atoms with Crippen molar-refractivity contribution in [1.29, 1.82) is 0 Å². The molecular formula is C29H34N4O4S. The van der Waals surface area contributed by atoms with E-state index in [4.69, 9.17) is 4.42 Å². The van der Waals surface area contributed by atoms with Gasteiger partial charge in [0.15, 0.2) is 5.58 Å². The third-order valence-corrected chi connectivity index (χ3v) is 7.32. The molecule has 0 aliphatic carbocycles. The van der Waals surface area contributed by atoms with Gasteiger partial charge in [-0.1, -0.05) is 37.0 Å². The maximum absolute atomic E-state index is 11.5. The van der Waals surface area contributed by atoms with E-state index in [-0.39, 0.29) is 23.7 Å². The highest BCUT2D eigenvalue weighted by Gasteiger charge is 2.06. The van der Waals surface area contributed by atoms with Crippen LogP contribution in [0.15, 0.2) is 73.4 Å². The van der Waals surface area contributed by atoms with Crippen LogP contribution < -0.4 is 16.3 Å². The maximum Gasteiger partial charge on any atom is 0.419 e. The second-order valence-electron chi connectivity index (χ2n) is 9.19. The highest BCUT2D eigenvalue weighted by molar-refractivity contribution is 7.16. The molecule has 3 heterocycles. The summed E-state index contributed by atoms with van der Waals surface area (Å²) >= 11 is 1.30. The largest absolute Gasteiger partial charge is 0.419 e. The first-order valence-electron chi connectivity index (χ1n) is 11.7. The zero-order chi connectivity index (χ0) is 27.0. The molecule has 3 aromatic carbocycles. The van der Waals surface area contributed by atoms with Crippen LogP contribution in [0.3, 0.4) is 0 Å². The van der Waals surface area contributed by atoms with Gasteiger partial charge in [-0.05, 0) is 73.9 Å². The van der Waals surface area contributed by atoms with Gasteiger partial charge in [-0.25, -0.2) is 9.59 Å². The number of benzene rings is 3. The molecule has 200 valence electrons. The van der Waals surface area contributed by atoms with Gasteiger partial charge < -0.3 is 8.98 Å². The summed E-state index contributed by atoms with van der Waals surface area (Å²) in [4.78, 5) is 33.9. The van der Waals surface area contributed by atoms with E-state index >= 15 is 0 Å². The minimum Gasteiger partial charge on any atom is -0.408 e. The van der Waals surface area contributed by atoms with Crippen LogP contribution in [0.2, 0.25) is 0 Å². The molecule has 6 aromatic rings. The molecule has 0 fully saturated rings. The molecule has 0 aliphatic heterocycles. The Morgan fingerprint density at radius 3 is 1.79 bits per heavy atom. The van der Waals surface area contributed by atoms with Crippen LogP contribution in [-0.2, 0) is 28.2 Å². The summed E-state index contributed by atoms with van der Waals surface area (Å²) in [5.41, 5.74) is 7.99. The smallest absolute Gasteiger partial charge is 0.408 e. The Morgan fingerprint density at radius 2 is 1.13 bits per heavy atom. The van der Waals surface area contributed by atoms with Gasteiger partial charge in [0, 0.05) is 28.2 Å². The monoisotopic (exact) mass is 534 g/mol. The third kappa shape index (κ3) is 5.43. The fourth-order valence-corrected chi connectivity index (χ4v) is 5.08. The second-order valence-corrected chi connectivity index (χ2v) is 10.2. The minimum absolute atomic E-state index is 0. The van der Waals surface area contributed by atoms with Crippen LogP contribution in [0.1, 0.15) is 24.1 Å². The van der Waals surface area contributed by atoms with Crippen molar-refractivity contribution in [3.63, 3.8) is 0 Å². The van der Waals surface area contributed by atoms with Crippen LogP contribution in [-0.4, -0.2) is 18.3 Å². The summed E-state index contributed by atoms with van der Waals surface area (Å²) in [6.45, 7) is 6.02. The number of imidazole rings is 1. The van der Waals surface area contributed by atoms with Gasteiger partial charge in [0.05, 0.1) is 26.8 Å². The van der Waals surface area contributed by atoms with Crippen LogP contribution in [0.25, 0.3) is 32.3 Å². The van der Waals surface area contributed by atoms with Crippen molar-refractivity contribution in [1.82, 2.24) is 18.3 Å². The Balaban J connectivity index is 0.000000156. The normalized spacial score (nSPS) is 10.6. The Labute approximate surface area is 224 Å². The molecule has 0 atom stereocenters. The molecule has 6 rings (SSSR count). The van der Waals surface area contributed by atoms with Crippen LogP contribution in [0.4, 0.5) is 0 Å². The van der Waals surface area contributed by atoms with Gasteiger partial charge in [0.1, 0.15) is 0 Å². The summed E-state index contributed by atoms with van der Waals surface area (Å²) in [7, 11) is 7.09. The molecule has 0 unspecified atom stereocenters. The van der Waals surface area contributed by atoms with E-state index in [2.05, 4.69) is 0 Å². The number of oxazole rings is 1. The first-order chi connectivity index (χ1) is 17.5. The highest BCUT2D eigenvalue weighted by atomic mass is 32.1. The van der Waals surface area contributed by atoms with Gasteiger partial charge in [0.2, 0.25) is 0 Å². The number of hydrogen-bond donors (Lipinski definition) is 0. The minimum atomic E-state index is -0.310. The standard InChI is InChI=1S/C10H12N2O.C9H9NO2.C9H9NOS.CH4/c1-7-4-5-8-9(6-7)12(3)10(13)11(8)2;2*1-6-3-4-7-8(5-6)12-9(11)10(7)2;/h4-6H,1-3H3;2*3-5H,1-2H3;1H4. The molecule has 0 saturated carbocycles. The van der Waals surface area contributed by atoms with Crippen molar-refractivity contribution in [2.75, 3.05) is 0 Å². The quantitative estimate of drug-likeness (QED) is 0.269. The van der Waals surface area contributed by atoms with Gasteiger partial charge >= 0.3 is 16.3 Å². The van der Waals surface area contributed by atoms with E-state index < -0.39 is 0 Å². The summed E-state index contributed by atoms with van der Waals surface area (Å²) in [5.74, 6) is -0.310. The number of thiazole rings is 1. The van der Waals surface area contributed by atoms with Crippen molar-refractivity contribution >= 4 is 43.7 Å². The molecule has 0 radical (unpaired) electrons. The molecular weight excluding hydrogens is 500 g/mol. The van der Waals surface area contributed by atoms with E-state index in [1.807, 2.05) is 75.4 Å². The first kappa shape index (κ1) is 28.5. The van der Waals surface area contributed by atoms with E-state index in [0.717, 1.165) is 32.3 Å². The molecule has 0 aliphatic rings. The Kier molecular flexibility index (Phi) is 8.31. The van der Waals surface area contributed by atoms with Crippen molar-refractivity contribution < 1.29 is 4.42 Å². The Hall–Kier alpha value is -4.11. The molecule has 0 amide bonds. The maximum atomic E-state index is 11.5. The van der Waals surface area contributed by atoms with Gasteiger partial charge in [-0.2, -0.15) is 0 Å². The van der Waals surface area contributed by atoms with E-state index in [0.29, 0.717) is 5.58 Å². The summed E-state index contributed by atoms with van der Waals surface area (Å²) in [6.07, 6.45) is 0. The highest BCUT2D eigenvalue weighted by Crippen LogP contribution is 2.17. The number of aryl methyl sites for hydroxylation is 7. The first-order valence-corrected chi connectivity index (χ1v) is 12.5. The fraction of sp³-hybridized carbons (Fsp3) is 0.276. The predicted molar refractivity (Wildman–Crippen MR) is 158 cm³/mol. The van der Waals surface area contributed by atoms with Gasteiger partial charge in [-0.3, -0.25) is 18.5 Å². The Morgan fingerprint density at radius 1 is 0.605 bits per heavy atom. The average molecular weight is 535 g/mol. The molecule has 9 heteroatoms.